The average molecular weight is 263 g/mol. The van der Waals surface area contributed by atoms with Gasteiger partial charge in [0.05, 0.1) is 6.61 Å². The van der Waals surface area contributed by atoms with Gasteiger partial charge in [0, 0.05) is 12.6 Å². The molecule has 0 aromatic rings. The lowest BCUT2D eigenvalue weighted by Crippen LogP contribution is -2.60. The molecule has 0 aromatic heterocycles. The highest BCUT2D eigenvalue weighted by Gasteiger charge is 2.61. The number of hydrogen-bond donors (Lipinski definition) is 1. The predicted molar refractivity (Wildman–Crippen MR) is 60.4 cm³/mol. The van der Waals surface area contributed by atoms with E-state index in [9.17, 15) is 18.7 Å². The Morgan fingerprint density at radius 2 is 2.28 bits per heavy atom. The van der Waals surface area contributed by atoms with Crippen LogP contribution in [0.4, 0.5) is 8.78 Å². The summed E-state index contributed by atoms with van der Waals surface area (Å²) in [7, 11) is 0. The molecule has 4 nitrogen and oxygen atoms in total. The fourth-order valence-corrected chi connectivity index (χ4v) is 2.94. The zero-order valence-electron chi connectivity index (χ0n) is 10.5. The quantitative estimate of drug-likeness (QED) is 0.777. The minimum atomic E-state index is -3.82. The van der Waals surface area contributed by atoms with Gasteiger partial charge in [-0.3, -0.25) is 0 Å². The first-order valence-corrected chi connectivity index (χ1v) is 6.42. The number of ether oxygens (including phenoxy) is 1. The molecule has 0 bridgehead atoms. The van der Waals surface area contributed by atoms with Crippen molar-refractivity contribution in [2.75, 3.05) is 19.7 Å². The van der Waals surface area contributed by atoms with Gasteiger partial charge in [-0.25, -0.2) is 4.79 Å². The van der Waals surface area contributed by atoms with Gasteiger partial charge >= 0.3 is 11.9 Å². The van der Waals surface area contributed by atoms with Crippen LogP contribution in [0, 0.1) is 0 Å². The number of aliphatic hydroxyl groups is 1. The predicted octanol–water partition coefficient (Wildman–Crippen LogP) is 1.17. The molecule has 6 heteroatoms. The molecule has 0 amide bonds. The number of rotatable bonds is 3. The van der Waals surface area contributed by atoms with E-state index in [0.717, 1.165) is 19.4 Å². The molecule has 2 heterocycles. The molecule has 2 rings (SSSR count). The summed E-state index contributed by atoms with van der Waals surface area (Å²) >= 11 is 0. The summed E-state index contributed by atoms with van der Waals surface area (Å²) in [6.45, 7) is 2.67. The van der Waals surface area contributed by atoms with Crippen LogP contribution in [0.2, 0.25) is 0 Å². The second-order valence-corrected chi connectivity index (χ2v) is 5.11. The van der Waals surface area contributed by atoms with E-state index >= 15 is 0 Å². The van der Waals surface area contributed by atoms with Gasteiger partial charge in [-0.1, -0.05) is 0 Å². The molecule has 0 saturated carbocycles. The molecule has 2 unspecified atom stereocenters. The minimum absolute atomic E-state index is 0.0379. The van der Waals surface area contributed by atoms with Gasteiger partial charge < -0.3 is 14.7 Å². The van der Waals surface area contributed by atoms with E-state index in [1.807, 2.05) is 0 Å². The third kappa shape index (κ3) is 2.12. The molecule has 0 spiro atoms. The zero-order valence-corrected chi connectivity index (χ0v) is 10.5. The molecule has 2 aliphatic heterocycles. The highest BCUT2D eigenvalue weighted by molar-refractivity contribution is 5.79. The average Bonchev–Trinajstić information content (AvgIpc) is 2.76. The largest absolute Gasteiger partial charge is 0.461 e. The Hall–Kier alpha value is -0.750. The Morgan fingerprint density at radius 3 is 2.94 bits per heavy atom. The number of hydrogen-bond acceptors (Lipinski definition) is 4. The van der Waals surface area contributed by atoms with Gasteiger partial charge in [-0.15, -0.1) is 0 Å². The standard InChI is InChI=1S/C12H19F2NO3/c1-2-18-10(16)12(13,14)11(17)5-7-15-6-3-4-9(15)8-11/h9,17H,2-8H2,1H3. The van der Waals surface area contributed by atoms with Gasteiger partial charge in [0.15, 0.2) is 0 Å². The highest BCUT2D eigenvalue weighted by Crippen LogP contribution is 2.42. The van der Waals surface area contributed by atoms with Gasteiger partial charge in [0.1, 0.15) is 5.60 Å². The van der Waals surface area contributed by atoms with Crippen LogP contribution in [-0.2, 0) is 9.53 Å². The van der Waals surface area contributed by atoms with Crippen LogP contribution in [0.1, 0.15) is 32.6 Å². The molecule has 0 aliphatic carbocycles. The summed E-state index contributed by atoms with van der Waals surface area (Å²) in [5, 5.41) is 10.2. The van der Waals surface area contributed by atoms with Crippen LogP contribution in [0.5, 0.6) is 0 Å². The van der Waals surface area contributed by atoms with E-state index in [1.54, 1.807) is 0 Å². The molecule has 0 aromatic carbocycles. The molecule has 1 N–H and O–H groups in total. The Labute approximate surface area is 105 Å². The lowest BCUT2D eigenvalue weighted by atomic mass is 9.81. The topological polar surface area (TPSA) is 49.8 Å². The number of piperidine rings is 1. The van der Waals surface area contributed by atoms with E-state index < -0.39 is 17.5 Å². The Bertz CT molecular complexity index is 337. The maximum Gasteiger partial charge on any atom is 0.380 e. The molecule has 2 fully saturated rings. The van der Waals surface area contributed by atoms with Crippen molar-refractivity contribution in [2.24, 2.45) is 0 Å². The Kier molecular flexibility index (Phi) is 3.60. The summed E-state index contributed by atoms with van der Waals surface area (Å²) in [4.78, 5) is 13.4. The van der Waals surface area contributed by atoms with Crippen molar-refractivity contribution in [1.82, 2.24) is 4.90 Å². The smallest absolute Gasteiger partial charge is 0.380 e. The lowest BCUT2D eigenvalue weighted by molar-refractivity contribution is -0.225. The van der Waals surface area contributed by atoms with E-state index in [0.29, 0.717) is 6.54 Å². The van der Waals surface area contributed by atoms with Crippen LogP contribution >= 0.6 is 0 Å². The van der Waals surface area contributed by atoms with Gasteiger partial charge in [-0.2, -0.15) is 8.78 Å². The monoisotopic (exact) mass is 263 g/mol. The summed E-state index contributed by atoms with van der Waals surface area (Å²) in [5.74, 6) is -5.43. The molecule has 2 aliphatic rings. The molecule has 2 saturated heterocycles. The Balaban J connectivity index is 2.12. The van der Waals surface area contributed by atoms with Gasteiger partial charge in [0.2, 0.25) is 0 Å². The molecule has 2 atom stereocenters. The lowest BCUT2D eigenvalue weighted by Gasteiger charge is -2.43. The minimum Gasteiger partial charge on any atom is -0.461 e. The highest BCUT2D eigenvalue weighted by atomic mass is 19.3. The fourth-order valence-electron chi connectivity index (χ4n) is 2.94. The normalized spacial score (nSPS) is 33.2. The molecule has 0 radical (unpaired) electrons. The first kappa shape index (κ1) is 13.7. The van der Waals surface area contributed by atoms with E-state index in [2.05, 4.69) is 9.64 Å². The molecular formula is C12H19F2NO3. The molecule has 18 heavy (non-hydrogen) atoms. The third-order valence-electron chi connectivity index (χ3n) is 4.00. The van der Waals surface area contributed by atoms with E-state index in [4.69, 9.17) is 0 Å². The van der Waals surface area contributed by atoms with Crippen molar-refractivity contribution < 1.29 is 23.4 Å². The number of fused-ring (bicyclic) bond motifs is 1. The van der Waals surface area contributed by atoms with Crippen molar-refractivity contribution in [3.63, 3.8) is 0 Å². The first-order valence-electron chi connectivity index (χ1n) is 6.42. The number of esters is 1. The van der Waals surface area contributed by atoms with Crippen molar-refractivity contribution in [2.45, 2.75) is 50.2 Å². The van der Waals surface area contributed by atoms with Crippen LogP contribution < -0.4 is 0 Å². The Morgan fingerprint density at radius 1 is 1.56 bits per heavy atom. The maximum absolute atomic E-state index is 14.0. The summed E-state index contributed by atoms with van der Waals surface area (Å²) in [5.41, 5.74) is -2.26. The van der Waals surface area contributed by atoms with E-state index in [-0.39, 0.29) is 25.5 Å². The number of halogens is 2. The summed E-state index contributed by atoms with van der Waals surface area (Å²) in [6.07, 6.45) is 1.63. The van der Waals surface area contributed by atoms with E-state index in [1.165, 1.54) is 6.92 Å². The third-order valence-corrected chi connectivity index (χ3v) is 4.00. The summed E-state index contributed by atoms with van der Waals surface area (Å²) < 4.78 is 32.4. The number of carbonyl (C=O) groups excluding carboxylic acids is 1. The number of nitrogens with zero attached hydrogens (tertiary/aromatic N) is 1. The van der Waals surface area contributed by atoms with Crippen LogP contribution in [0.3, 0.4) is 0 Å². The molecular weight excluding hydrogens is 244 g/mol. The second-order valence-electron chi connectivity index (χ2n) is 5.11. The van der Waals surface area contributed by atoms with Gasteiger partial charge in [0.25, 0.3) is 0 Å². The first-order chi connectivity index (χ1) is 8.40. The maximum atomic E-state index is 14.0. The van der Waals surface area contributed by atoms with Gasteiger partial charge in [-0.05, 0) is 39.2 Å². The number of carbonyl (C=O) groups is 1. The number of alkyl halides is 2. The molecule has 104 valence electrons. The van der Waals surface area contributed by atoms with Crippen LogP contribution in [0.15, 0.2) is 0 Å². The van der Waals surface area contributed by atoms with Crippen molar-refractivity contribution >= 4 is 5.97 Å². The van der Waals surface area contributed by atoms with Crippen LogP contribution in [-0.4, -0.2) is 53.2 Å². The van der Waals surface area contributed by atoms with Crippen molar-refractivity contribution in [3.8, 4) is 0 Å². The fraction of sp³-hybridized carbons (Fsp3) is 0.917. The second kappa shape index (κ2) is 4.74. The SMILES string of the molecule is CCOC(=O)C(F)(F)C1(O)CCN2CCCC2C1. The van der Waals surface area contributed by atoms with Crippen molar-refractivity contribution in [3.05, 3.63) is 0 Å². The zero-order chi connectivity index (χ0) is 13.4. The van der Waals surface area contributed by atoms with Crippen LogP contribution in [0.25, 0.3) is 0 Å². The summed E-state index contributed by atoms with van der Waals surface area (Å²) in [6, 6.07) is -0.0379. The van der Waals surface area contributed by atoms with Crippen molar-refractivity contribution in [1.29, 1.82) is 0 Å².